The van der Waals surface area contributed by atoms with E-state index in [0.29, 0.717) is 6.54 Å². The first-order valence-corrected chi connectivity index (χ1v) is 5.96. The van der Waals surface area contributed by atoms with Crippen LogP contribution in [0.1, 0.15) is 19.3 Å². The Labute approximate surface area is 108 Å². The molecule has 0 aliphatic rings. The molecule has 18 heavy (non-hydrogen) atoms. The molecule has 0 radical (unpaired) electrons. The smallest absolute Gasteiger partial charge is 0.323 e. The van der Waals surface area contributed by atoms with Gasteiger partial charge in [0.1, 0.15) is 6.54 Å². The maximum atomic E-state index is 11.6. The minimum Gasteiger partial charge on any atom is -0.480 e. The van der Waals surface area contributed by atoms with Crippen LogP contribution in [0.3, 0.4) is 0 Å². The molecule has 0 heterocycles. The zero-order chi connectivity index (χ0) is 13.8. The van der Waals surface area contributed by atoms with Gasteiger partial charge in [-0.05, 0) is 19.3 Å². The Bertz CT molecular complexity index is 269. The van der Waals surface area contributed by atoms with Gasteiger partial charge in [0, 0.05) is 26.8 Å². The number of aliphatic carboxylic acids is 1. The van der Waals surface area contributed by atoms with E-state index in [-0.39, 0.29) is 19.1 Å². The number of carbonyl (C=O) groups excluding carboxylic acids is 1. The number of carbonyl (C=O) groups is 2. The molecule has 104 valence electrons. The molecule has 0 aliphatic carbocycles. The molecule has 0 aromatic rings. The van der Waals surface area contributed by atoms with Crippen LogP contribution >= 0.6 is 0 Å². The molecule has 0 aromatic carbocycles. The Morgan fingerprint density at radius 1 is 1.39 bits per heavy atom. The first kappa shape index (κ1) is 16.4. The highest BCUT2D eigenvalue weighted by atomic mass is 16.5. The number of hydrogen-bond acceptors (Lipinski definition) is 3. The van der Waals surface area contributed by atoms with Gasteiger partial charge in [0.05, 0.1) is 0 Å². The van der Waals surface area contributed by atoms with Crippen molar-refractivity contribution < 1.29 is 19.4 Å². The number of unbranched alkanes of at least 4 members (excludes halogenated alkanes) is 2. The molecular weight excluding hydrogens is 236 g/mol. The largest absolute Gasteiger partial charge is 0.480 e. The highest BCUT2D eigenvalue weighted by molar-refractivity contribution is 5.80. The van der Waals surface area contributed by atoms with Crippen molar-refractivity contribution in [3.05, 3.63) is 12.7 Å². The highest BCUT2D eigenvalue weighted by Gasteiger charge is 2.14. The van der Waals surface area contributed by atoms with Gasteiger partial charge >= 0.3 is 12.0 Å². The number of methoxy groups -OCH3 is 1. The normalized spacial score (nSPS) is 9.83. The van der Waals surface area contributed by atoms with Crippen molar-refractivity contribution >= 4 is 12.0 Å². The second-order valence-electron chi connectivity index (χ2n) is 3.85. The number of ether oxygens (including phenoxy) is 1. The molecule has 6 heteroatoms. The fourth-order valence-electron chi connectivity index (χ4n) is 1.39. The average Bonchev–Trinajstić information content (AvgIpc) is 2.32. The third-order valence-electron chi connectivity index (χ3n) is 2.26. The van der Waals surface area contributed by atoms with Crippen molar-refractivity contribution in [1.29, 1.82) is 0 Å². The second-order valence-corrected chi connectivity index (χ2v) is 3.85. The third kappa shape index (κ3) is 8.58. The van der Waals surface area contributed by atoms with E-state index in [1.54, 1.807) is 7.11 Å². The molecular formula is C12H22N2O4. The summed E-state index contributed by atoms with van der Waals surface area (Å²) in [6.45, 7) is 4.65. The summed E-state index contributed by atoms with van der Waals surface area (Å²) in [5.74, 6) is -1.04. The van der Waals surface area contributed by atoms with Gasteiger partial charge in [0.15, 0.2) is 0 Å². The number of rotatable bonds is 10. The van der Waals surface area contributed by atoms with Gasteiger partial charge in [0.25, 0.3) is 0 Å². The maximum Gasteiger partial charge on any atom is 0.323 e. The lowest BCUT2D eigenvalue weighted by Crippen LogP contribution is -2.43. The summed E-state index contributed by atoms with van der Waals surface area (Å²) in [4.78, 5) is 23.4. The predicted octanol–water partition coefficient (Wildman–Crippen LogP) is 1.09. The van der Waals surface area contributed by atoms with Crippen molar-refractivity contribution in [2.75, 3.05) is 33.4 Å². The summed E-state index contributed by atoms with van der Waals surface area (Å²) in [7, 11) is 1.65. The molecule has 6 nitrogen and oxygen atoms in total. The molecule has 0 saturated heterocycles. The Morgan fingerprint density at radius 2 is 2.11 bits per heavy atom. The van der Waals surface area contributed by atoms with Crippen LogP contribution < -0.4 is 5.32 Å². The summed E-state index contributed by atoms with van der Waals surface area (Å²) < 4.78 is 4.91. The van der Waals surface area contributed by atoms with Gasteiger partial charge in [-0.3, -0.25) is 4.79 Å². The summed E-state index contributed by atoms with van der Waals surface area (Å²) >= 11 is 0. The molecule has 0 spiro atoms. The fraction of sp³-hybridized carbons (Fsp3) is 0.667. The van der Waals surface area contributed by atoms with Crippen LogP contribution in [0.5, 0.6) is 0 Å². The molecule has 0 aromatic heterocycles. The number of carboxylic acid groups (broad SMARTS) is 1. The number of hydrogen-bond donors (Lipinski definition) is 2. The van der Waals surface area contributed by atoms with Crippen LogP contribution in [0.4, 0.5) is 4.79 Å². The lowest BCUT2D eigenvalue weighted by molar-refractivity contribution is -0.137. The van der Waals surface area contributed by atoms with Gasteiger partial charge in [-0.25, -0.2) is 4.79 Å². The average molecular weight is 258 g/mol. The van der Waals surface area contributed by atoms with E-state index in [9.17, 15) is 9.59 Å². The monoisotopic (exact) mass is 258 g/mol. The number of nitrogens with zero attached hydrogens (tertiary/aromatic N) is 1. The van der Waals surface area contributed by atoms with Crippen molar-refractivity contribution in [1.82, 2.24) is 10.2 Å². The molecule has 0 aliphatic heterocycles. The van der Waals surface area contributed by atoms with Gasteiger partial charge in [-0.15, -0.1) is 6.58 Å². The summed E-state index contributed by atoms with van der Waals surface area (Å²) in [5, 5.41) is 11.3. The van der Waals surface area contributed by atoms with Gasteiger partial charge in [-0.1, -0.05) is 6.08 Å². The molecule has 0 saturated carbocycles. The second kappa shape index (κ2) is 10.6. The van der Waals surface area contributed by atoms with E-state index >= 15 is 0 Å². The number of nitrogens with one attached hydrogen (secondary N) is 1. The maximum absolute atomic E-state index is 11.6. The van der Waals surface area contributed by atoms with Crippen LogP contribution in [-0.2, 0) is 9.53 Å². The Kier molecular flexibility index (Phi) is 9.67. The van der Waals surface area contributed by atoms with E-state index in [2.05, 4.69) is 11.9 Å². The van der Waals surface area contributed by atoms with Crippen LogP contribution in [0.15, 0.2) is 12.7 Å². The zero-order valence-corrected chi connectivity index (χ0v) is 10.9. The summed E-state index contributed by atoms with van der Waals surface area (Å²) in [5.41, 5.74) is 0. The molecule has 0 unspecified atom stereocenters. The van der Waals surface area contributed by atoms with Crippen molar-refractivity contribution in [3.8, 4) is 0 Å². The summed E-state index contributed by atoms with van der Waals surface area (Å²) in [6, 6.07) is -0.371. The molecule has 2 amide bonds. The van der Waals surface area contributed by atoms with Crippen LogP contribution in [0.2, 0.25) is 0 Å². The van der Waals surface area contributed by atoms with Crippen LogP contribution in [0.25, 0.3) is 0 Å². The molecule has 0 atom stereocenters. The quantitative estimate of drug-likeness (QED) is 0.454. The van der Waals surface area contributed by atoms with Crippen molar-refractivity contribution in [3.63, 3.8) is 0 Å². The lowest BCUT2D eigenvalue weighted by atomic mass is 10.2. The molecule has 0 bridgehead atoms. The lowest BCUT2D eigenvalue weighted by Gasteiger charge is -2.19. The Hall–Kier alpha value is -1.56. The van der Waals surface area contributed by atoms with Crippen molar-refractivity contribution in [2.24, 2.45) is 0 Å². The number of urea groups is 1. The first-order valence-electron chi connectivity index (χ1n) is 5.96. The zero-order valence-electron chi connectivity index (χ0n) is 10.9. The Morgan fingerprint density at radius 3 is 2.67 bits per heavy atom. The van der Waals surface area contributed by atoms with E-state index in [1.165, 1.54) is 11.0 Å². The molecule has 2 N–H and O–H groups in total. The highest BCUT2D eigenvalue weighted by Crippen LogP contribution is 1.95. The standard InChI is InChI=1S/C12H22N2O4/c1-3-8-14(10-11(15)16)12(17)13-7-5-4-6-9-18-2/h3H,1,4-10H2,2H3,(H,13,17)(H,15,16). The first-order chi connectivity index (χ1) is 8.61. The van der Waals surface area contributed by atoms with E-state index in [1.807, 2.05) is 0 Å². The molecule has 0 rings (SSSR count). The van der Waals surface area contributed by atoms with Crippen molar-refractivity contribution in [2.45, 2.75) is 19.3 Å². The molecule has 0 fully saturated rings. The summed E-state index contributed by atoms with van der Waals surface area (Å²) in [6.07, 6.45) is 4.28. The van der Waals surface area contributed by atoms with E-state index < -0.39 is 5.97 Å². The number of carboxylic acids is 1. The third-order valence-corrected chi connectivity index (χ3v) is 2.26. The minimum atomic E-state index is -1.04. The van der Waals surface area contributed by atoms with Crippen LogP contribution in [0, 0.1) is 0 Å². The minimum absolute atomic E-state index is 0.224. The topological polar surface area (TPSA) is 78.9 Å². The van der Waals surface area contributed by atoms with Gasteiger partial charge < -0.3 is 20.1 Å². The van der Waals surface area contributed by atoms with E-state index in [0.717, 1.165) is 25.9 Å². The van der Waals surface area contributed by atoms with Gasteiger partial charge in [-0.2, -0.15) is 0 Å². The Balaban J connectivity index is 3.81. The fourth-order valence-corrected chi connectivity index (χ4v) is 1.39. The van der Waals surface area contributed by atoms with Crippen LogP contribution in [-0.4, -0.2) is 55.4 Å². The van der Waals surface area contributed by atoms with Gasteiger partial charge in [0.2, 0.25) is 0 Å². The predicted molar refractivity (Wildman–Crippen MR) is 68.5 cm³/mol. The number of amides is 2. The van der Waals surface area contributed by atoms with E-state index in [4.69, 9.17) is 9.84 Å². The SMILES string of the molecule is C=CCN(CC(=O)O)C(=O)NCCCCCOC.